The lowest BCUT2D eigenvalue weighted by Crippen LogP contribution is -2.28. The third-order valence-electron chi connectivity index (χ3n) is 4.63. The molecule has 1 saturated carbocycles. The fourth-order valence-corrected chi connectivity index (χ4v) is 2.90. The highest BCUT2D eigenvalue weighted by molar-refractivity contribution is 5.93. The number of ether oxygens (including phenoxy) is 3. The molecule has 0 unspecified atom stereocenters. The van der Waals surface area contributed by atoms with E-state index < -0.39 is 23.4 Å². The van der Waals surface area contributed by atoms with Crippen molar-refractivity contribution in [2.24, 2.45) is 0 Å². The lowest BCUT2D eigenvalue weighted by molar-refractivity contribution is -0.384. The fourth-order valence-electron chi connectivity index (χ4n) is 2.90. The van der Waals surface area contributed by atoms with Crippen molar-refractivity contribution >= 4 is 23.3 Å². The van der Waals surface area contributed by atoms with Crippen molar-refractivity contribution in [2.45, 2.75) is 25.4 Å². The minimum absolute atomic E-state index is 0.00613. The zero-order valence-electron chi connectivity index (χ0n) is 15.9. The van der Waals surface area contributed by atoms with Crippen LogP contribution in [0, 0.1) is 10.1 Å². The third kappa shape index (κ3) is 4.59. The SMILES string of the molecule is O=C(COC(=O)c1ccc(NC2CC2)c([N+](=O)[O-])c1)NCc1ccc2c(c1)OCO2. The van der Waals surface area contributed by atoms with Crippen LogP contribution in [-0.4, -0.2) is 36.2 Å². The number of amides is 1. The molecule has 2 aromatic carbocycles. The summed E-state index contributed by atoms with van der Waals surface area (Å²) >= 11 is 0. The molecule has 156 valence electrons. The number of nitrogens with one attached hydrogen (secondary N) is 2. The number of hydrogen-bond acceptors (Lipinski definition) is 8. The number of carbonyl (C=O) groups is 2. The molecule has 0 radical (unpaired) electrons. The van der Waals surface area contributed by atoms with Gasteiger partial charge >= 0.3 is 5.97 Å². The Bertz CT molecular complexity index is 1000. The van der Waals surface area contributed by atoms with Gasteiger partial charge in [0.25, 0.3) is 11.6 Å². The van der Waals surface area contributed by atoms with E-state index in [2.05, 4.69) is 10.6 Å². The minimum Gasteiger partial charge on any atom is -0.454 e. The Balaban J connectivity index is 1.29. The zero-order valence-corrected chi connectivity index (χ0v) is 15.9. The van der Waals surface area contributed by atoms with Crippen LogP contribution in [0.3, 0.4) is 0 Å². The Morgan fingerprint density at radius 2 is 1.93 bits per heavy atom. The Labute approximate surface area is 171 Å². The molecule has 1 heterocycles. The van der Waals surface area contributed by atoms with Gasteiger partial charge in [-0.15, -0.1) is 0 Å². The number of nitro benzene ring substituents is 1. The smallest absolute Gasteiger partial charge is 0.338 e. The van der Waals surface area contributed by atoms with E-state index in [0.29, 0.717) is 17.2 Å². The number of nitrogens with zero attached hydrogens (tertiary/aromatic N) is 1. The van der Waals surface area contributed by atoms with Gasteiger partial charge in [0.15, 0.2) is 18.1 Å². The lowest BCUT2D eigenvalue weighted by atomic mass is 10.1. The summed E-state index contributed by atoms with van der Waals surface area (Å²) in [5, 5.41) is 17.0. The summed E-state index contributed by atoms with van der Waals surface area (Å²) < 4.78 is 15.5. The highest BCUT2D eigenvalue weighted by Crippen LogP contribution is 2.33. The molecule has 0 saturated heterocycles. The Hall–Kier alpha value is -3.82. The van der Waals surface area contributed by atoms with Crippen LogP contribution in [0.5, 0.6) is 11.5 Å². The maximum Gasteiger partial charge on any atom is 0.338 e. The number of rotatable bonds is 8. The number of hydrogen-bond donors (Lipinski definition) is 2. The Morgan fingerprint density at radius 3 is 2.70 bits per heavy atom. The maximum atomic E-state index is 12.2. The van der Waals surface area contributed by atoms with Crippen molar-refractivity contribution < 1.29 is 28.7 Å². The largest absolute Gasteiger partial charge is 0.454 e. The van der Waals surface area contributed by atoms with Crippen LogP contribution in [-0.2, 0) is 16.1 Å². The number of carbonyl (C=O) groups excluding carboxylic acids is 2. The van der Waals surface area contributed by atoms with Crippen molar-refractivity contribution in [2.75, 3.05) is 18.7 Å². The molecule has 0 bridgehead atoms. The highest BCUT2D eigenvalue weighted by atomic mass is 16.7. The summed E-state index contributed by atoms with van der Waals surface area (Å²) in [4.78, 5) is 34.9. The van der Waals surface area contributed by atoms with E-state index in [4.69, 9.17) is 14.2 Å². The molecular weight excluding hydrogens is 394 g/mol. The van der Waals surface area contributed by atoms with Gasteiger partial charge in [-0.3, -0.25) is 14.9 Å². The van der Waals surface area contributed by atoms with E-state index in [-0.39, 0.29) is 30.6 Å². The molecular formula is C20H19N3O7. The predicted octanol–water partition coefficient (Wildman–Crippen LogP) is 2.37. The first kappa shape index (κ1) is 19.5. The maximum absolute atomic E-state index is 12.2. The number of benzene rings is 2. The topological polar surface area (TPSA) is 129 Å². The van der Waals surface area contributed by atoms with Crippen LogP contribution in [0.25, 0.3) is 0 Å². The molecule has 0 aromatic heterocycles. The van der Waals surface area contributed by atoms with Crippen molar-refractivity contribution in [1.82, 2.24) is 5.32 Å². The van der Waals surface area contributed by atoms with E-state index in [0.717, 1.165) is 24.5 Å². The second kappa shape index (κ2) is 8.27. The number of anilines is 1. The van der Waals surface area contributed by atoms with Crippen LogP contribution in [0.1, 0.15) is 28.8 Å². The molecule has 2 aliphatic rings. The van der Waals surface area contributed by atoms with E-state index in [1.54, 1.807) is 18.2 Å². The highest BCUT2D eigenvalue weighted by Gasteiger charge is 2.26. The van der Waals surface area contributed by atoms with E-state index in [9.17, 15) is 19.7 Å². The third-order valence-corrected chi connectivity index (χ3v) is 4.63. The molecule has 30 heavy (non-hydrogen) atoms. The monoisotopic (exact) mass is 413 g/mol. The Morgan fingerprint density at radius 1 is 1.13 bits per heavy atom. The zero-order chi connectivity index (χ0) is 21.1. The first-order valence-electron chi connectivity index (χ1n) is 9.37. The van der Waals surface area contributed by atoms with Gasteiger partial charge in [0.2, 0.25) is 6.79 Å². The minimum atomic E-state index is -0.811. The molecule has 1 amide bonds. The first-order valence-corrected chi connectivity index (χ1v) is 9.37. The van der Waals surface area contributed by atoms with Crippen LogP contribution in [0.15, 0.2) is 36.4 Å². The normalized spacial score (nSPS) is 14.1. The molecule has 1 aliphatic heterocycles. The second-order valence-electron chi connectivity index (χ2n) is 6.95. The molecule has 1 aliphatic carbocycles. The summed E-state index contributed by atoms with van der Waals surface area (Å²) in [5.41, 5.74) is 0.962. The van der Waals surface area contributed by atoms with Crippen molar-refractivity contribution in [3.05, 3.63) is 57.6 Å². The van der Waals surface area contributed by atoms with Gasteiger partial charge in [-0.25, -0.2) is 4.79 Å². The molecule has 2 N–H and O–H groups in total. The van der Waals surface area contributed by atoms with E-state index >= 15 is 0 Å². The van der Waals surface area contributed by atoms with Gasteiger partial charge in [0.05, 0.1) is 10.5 Å². The van der Waals surface area contributed by atoms with Gasteiger partial charge in [0, 0.05) is 18.7 Å². The number of nitro groups is 1. The first-order chi connectivity index (χ1) is 14.5. The van der Waals surface area contributed by atoms with Crippen molar-refractivity contribution in [3.8, 4) is 11.5 Å². The standard InChI is InChI=1S/C20H19N3O7/c24-19(21-9-12-1-6-17-18(7-12)30-11-29-17)10-28-20(25)13-2-5-15(22-14-3-4-14)16(8-13)23(26)27/h1-2,5-8,14,22H,3-4,9-11H2,(H,21,24). The van der Waals surface area contributed by atoms with Gasteiger partial charge in [-0.2, -0.15) is 0 Å². The van der Waals surface area contributed by atoms with Crippen molar-refractivity contribution in [1.29, 1.82) is 0 Å². The van der Waals surface area contributed by atoms with Crippen LogP contribution in [0.4, 0.5) is 11.4 Å². The van der Waals surface area contributed by atoms with E-state index in [1.165, 1.54) is 12.1 Å². The quantitative estimate of drug-likeness (QED) is 0.383. The average molecular weight is 413 g/mol. The number of fused-ring (bicyclic) bond motifs is 1. The summed E-state index contributed by atoms with van der Waals surface area (Å²) in [6, 6.07) is 9.59. The lowest BCUT2D eigenvalue weighted by Gasteiger charge is -2.09. The molecule has 10 nitrogen and oxygen atoms in total. The predicted molar refractivity (Wildman–Crippen MR) is 104 cm³/mol. The number of esters is 1. The van der Waals surface area contributed by atoms with Gasteiger partial charge in [0.1, 0.15) is 5.69 Å². The van der Waals surface area contributed by atoms with Gasteiger partial charge in [-0.05, 0) is 42.7 Å². The van der Waals surface area contributed by atoms with Crippen LogP contribution in [0.2, 0.25) is 0 Å². The molecule has 4 rings (SSSR count). The molecule has 1 fully saturated rings. The second-order valence-corrected chi connectivity index (χ2v) is 6.95. The molecule has 2 aromatic rings. The summed E-state index contributed by atoms with van der Waals surface area (Å²) in [7, 11) is 0. The summed E-state index contributed by atoms with van der Waals surface area (Å²) in [5.74, 6) is -0.0577. The van der Waals surface area contributed by atoms with Crippen LogP contribution >= 0.6 is 0 Å². The van der Waals surface area contributed by atoms with E-state index in [1.807, 2.05) is 0 Å². The van der Waals surface area contributed by atoms with Gasteiger partial charge in [-0.1, -0.05) is 6.07 Å². The molecule has 0 spiro atoms. The summed E-state index contributed by atoms with van der Waals surface area (Å²) in [6.07, 6.45) is 1.92. The van der Waals surface area contributed by atoms with Crippen molar-refractivity contribution in [3.63, 3.8) is 0 Å². The van der Waals surface area contributed by atoms with Crippen LogP contribution < -0.4 is 20.1 Å². The average Bonchev–Trinajstić information content (AvgIpc) is 3.43. The fraction of sp³-hybridized carbons (Fsp3) is 0.300. The van der Waals surface area contributed by atoms with Gasteiger partial charge < -0.3 is 24.8 Å². The molecule has 10 heteroatoms. The summed E-state index contributed by atoms with van der Waals surface area (Å²) in [6.45, 7) is -0.115. The Kier molecular flexibility index (Phi) is 5.38. The molecule has 0 atom stereocenters.